The van der Waals surface area contributed by atoms with Gasteiger partial charge in [-0.05, 0) is 6.42 Å². The second kappa shape index (κ2) is 3.77. The fourth-order valence-corrected chi connectivity index (χ4v) is 2.44. The number of fused-ring (bicyclic) bond motifs is 1. The molecule has 3 heterocycles. The Morgan fingerprint density at radius 2 is 2.18 bits per heavy atom. The van der Waals surface area contributed by atoms with E-state index in [2.05, 4.69) is 28.9 Å². The molecule has 0 spiro atoms. The van der Waals surface area contributed by atoms with Gasteiger partial charge in [0.2, 0.25) is 0 Å². The first-order chi connectivity index (χ1) is 8.17. The molecule has 1 atom stereocenters. The first-order valence-electron chi connectivity index (χ1n) is 5.90. The van der Waals surface area contributed by atoms with Crippen molar-refractivity contribution in [2.24, 2.45) is 5.41 Å². The molecule has 0 N–H and O–H groups in total. The van der Waals surface area contributed by atoms with E-state index in [0.29, 0.717) is 6.04 Å². The molecule has 1 aliphatic heterocycles. The Kier molecular flexibility index (Phi) is 2.36. The standard InChI is InChI=1S/C12H16N4O/c1-12(2)8-17-6-3-10(12)16-7-9-11(15-16)14-5-4-13-9/h4-5,7,10H,3,6,8H2,1-2H3. The Morgan fingerprint density at radius 3 is 2.94 bits per heavy atom. The molecule has 3 rings (SSSR count). The average molecular weight is 232 g/mol. The van der Waals surface area contributed by atoms with Crippen molar-refractivity contribution in [3.8, 4) is 0 Å². The topological polar surface area (TPSA) is 52.8 Å². The Labute approximate surface area is 99.8 Å². The van der Waals surface area contributed by atoms with Crippen molar-refractivity contribution in [2.45, 2.75) is 26.3 Å². The number of nitrogens with zero attached hydrogens (tertiary/aromatic N) is 4. The van der Waals surface area contributed by atoms with Crippen LogP contribution in [0.5, 0.6) is 0 Å². The highest BCUT2D eigenvalue weighted by Gasteiger charge is 2.35. The second-order valence-electron chi connectivity index (χ2n) is 5.22. The Morgan fingerprint density at radius 1 is 1.35 bits per heavy atom. The van der Waals surface area contributed by atoms with Gasteiger partial charge in [-0.25, -0.2) is 9.97 Å². The van der Waals surface area contributed by atoms with E-state index < -0.39 is 0 Å². The predicted octanol–water partition coefficient (Wildman–Crippen LogP) is 1.81. The number of hydrogen-bond donors (Lipinski definition) is 0. The molecule has 90 valence electrons. The first kappa shape index (κ1) is 10.7. The van der Waals surface area contributed by atoms with Crippen LogP contribution in [0.15, 0.2) is 18.6 Å². The smallest absolute Gasteiger partial charge is 0.199 e. The van der Waals surface area contributed by atoms with Crippen LogP contribution in [-0.4, -0.2) is 33.0 Å². The summed E-state index contributed by atoms with van der Waals surface area (Å²) in [6.07, 6.45) is 6.35. The molecule has 17 heavy (non-hydrogen) atoms. The maximum Gasteiger partial charge on any atom is 0.199 e. The highest BCUT2D eigenvalue weighted by Crippen LogP contribution is 2.37. The van der Waals surface area contributed by atoms with E-state index in [1.807, 2.05) is 10.9 Å². The van der Waals surface area contributed by atoms with E-state index >= 15 is 0 Å². The van der Waals surface area contributed by atoms with Crippen molar-refractivity contribution >= 4 is 11.2 Å². The summed E-state index contributed by atoms with van der Waals surface area (Å²) in [5.74, 6) is 0. The Bertz CT molecular complexity index is 501. The molecule has 0 radical (unpaired) electrons. The number of rotatable bonds is 1. The van der Waals surface area contributed by atoms with Crippen LogP contribution in [0.2, 0.25) is 0 Å². The molecule has 0 aliphatic carbocycles. The van der Waals surface area contributed by atoms with Gasteiger partial charge in [0.25, 0.3) is 0 Å². The summed E-state index contributed by atoms with van der Waals surface area (Å²) in [4.78, 5) is 8.49. The number of hydrogen-bond acceptors (Lipinski definition) is 4. The molecule has 5 nitrogen and oxygen atoms in total. The van der Waals surface area contributed by atoms with E-state index in [0.717, 1.165) is 30.8 Å². The van der Waals surface area contributed by atoms with Crippen molar-refractivity contribution in [1.29, 1.82) is 0 Å². The highest BCUT2D eigenvalue weighted by molar-refractivity contribution is 5.67. The molecule has 2 aromatic rings. The molecule has 0 saturated carbocycles. The molecule has 0 amide bonds. The monoisotopic (exact) mass is 232 g/mol. The maximum absolute atomic E-state index is 5.54. The lowest BCUT2D eigenvalue weighted by Crippen LogP contribution is -2.37. The van der Waals surface area contributed by atoms with Crippen LogP contribution < -0.4 is 0 Å². The molecule has 2 aromatic heterocycles. The SMILES string of the molecule is CC1(C)COCCC1n1cc2nccnc2n1. The van der Waals surface area contributed by atoms with Gasteiger partial charge in [0, 0.05) is 24.4 Å². The summed E-state index contributed by atoms with van der Waals surface area (Å²) >= 11 is 0. The van der Waals surface area contributed by atoms with E-state index in [1.54, 1.807) is 12.4 Å². The van der Waals surface area contributed by atoms with Gasteiger partial charge >= 0.3 is 0 Å². The summed E-state index contributed by atoms with van der Waals surface area (Å²) in [7, 11) is 0. The molecular weight excluding hydrogens is 216 g/mol. The summed E-state index contributed by atoms with van der Waals surface area (Å²) < 4.78 is 7.55. The number of aromatic nitrogens is 4. The quantitative estimate of drug-likeness (QED) is 0.752. The molecule has 1 saturated heterocycles. The summed E-state index contributed by atoms with van der Waals surface area (Å²) in [5.41, 5.74) is 1.67. The molecule has 1 unspecified atom stereocenters. The van der Waals surface area contributed by atoms with Crippen molar-refractivity contribution in [3.63, 3.8) is 0 Å². The minimum absolute atomic E-state index is 0.0975. The van der Waals surface area contributed by atoms with E-state index in [9.17, 15) is 0 Å². The van der Waals surface area contributed by atoms with Gasteiger partial charge in [0.15, 0.2) is 5.65 Å². The molecule has 1 aliphatic rings. The van der Waals surface area contributed by atoms with Gasteiger partial charge in [-0.3, -0.25) is 4.68 Å². The lowest BCUT2D eigenvalue weighted by Gasteiger charge is -2.38. The predicted molar refractivity (Wildman–Crippen MR) is 63.6 cm³/mol. The Balaban J connectivity index is 2.02. The van der Waals surface area contributed by atoms with Gasteiger partial charge in [0.05, 0.1) is 18.8 Å². The maximum atomic E-state index is 5.54. The fourth-order valence-electron chi connectivity index (χ4n) is 2.44. The highest BCUT2D eigenvalue weighted by atomic mass is 16.5. The third-order valence-electron chi connectivity index (χ3n) is 3.40. The Hall–Kier alpha value is -1.49. The fraction of sp³-hybridized carbons (Fsp3) is 0.583. The van der Waals surface area contributed by atoms with Gasteiger partial charge in [-0.15, -0.1) is 0 Å². The zero-order valence-electron chi connectivity index (χ0n) is 10.1. The minimum Gasteiger partial charge on any atom is -0.381 e. The lowest BCUT2D eigenvalue weighted by molar-refractivity contribution is -0.0290. The van der Waals surface area contributed by atoms with Crippen molar-refractivity contribution < 1.29 is 4.74 Å². The average Bonchev–Trinajstić information content (AvgIpc) is 2.71. The van der Waals surface area contributed by atoms with Gasteiger partial charge in [-0.2, -0.15) is 5.10 Å². The molecule has 1 fully saturated rings. The van der Waals surface area contributed by atoms with Crippen molar-refractivity contribution in [1.82, 2.24) is 19.7 Å². The zero-order chi connectivity index (χ0) is 11.9. The van der Waals surface area contributed by atoms with Crippen LogP contribution in [0.25, 0.3) is 11.2 Å². The van der Waals surface area contributed by atoms with E-state index in [1.165, 1.54) is 0 Å². The normalized spacial score (nSPS) is 24.0. The largest absolute Gasteiger partial charge is 0.381 e. The number of ether oxygens (including phenoxy) is 1. The van der Waals surface area contributed by atoms with E-state index in [4.69, 9.17) is 4.74 Å². The van der Waals surface area contributed by atoms with Gasteiger partial charge in [-0.1, -0.05) is 13.8 Å². The summed E-state index contributed by atoms with van der Waals surface area (Å²) in [5, 5.41) is 4.52. The molecular formula is C12H16N4O. The van der Waals surface area contributed by atoms with Crippen LogP contribution in [-0.2, 0) is 4.74 Å². The third kappa shape index (κ3) is 1.80. The summed E-state index contributed by atoms with van der Waals surface area (Å²) in [6, 6.07) is 0.354. The lowest BCUT2D eigenvalue weighted by atomic mass is 9.82. The minimum atomic E-state index is 0.0975. The molecule has 0 aromatic carbocycles. The van der Waals surface area contributed by atoms with Crippen LogP contribution in [0, 0.1) is 5.41 Å². The van der Waals surface area contributed by atoms with Crippen molar-refractivity contribution in [3.05, 3.63) is 18.6 Å². The molecule has 5 heteroatoms. The zero-order valence-corrected chi connectivity index (χ0v) is 10.1. The van der Waals surface area contributed by atoms with Crippen LogP contribution >= 0.6 is 0 Å². The summed E-state index contributed by atoms with van der Waals surface area (Å²) in [6.45, 7) is 5.99. The van der Waals surface area contributed by atoms with E-state index in [-0.39, 0.29) is 5.41 Å². The van der Waals surface area contributed by atoms with Gasteiger partial charge in [0.1, 0.15) is 5.52 Å². The van der Waals surface area contributed by atoms with Crippen LogP contribution in [0.1, 0.15) is 26.3 Å². The van der Waals surface area contributed by atoms with Crippen molar-refractivity contribution in [2.75, 3.05) is 13.2 Å². The van der Waals surface area contributed by atoms with Crippen LogP contribution in [0.4, 0.5) is 0 Å². The first-order valence-corrected chi connectivity index (χ1v) is 5.90. The third-order valence-corrected chi connectivity index (χ3v) is 3.40. The second-order valence-corrected chi connectivity index (χ2v) is 5.22. The van der Waals surface area contributed by atoms with Gasteiger partial charge < -0.3 is 4.74 Å². The van der Waals surface area contributed by atoms with Crippen LogP contribution in [0.3, 0.4) is 0 Å². The molecule has 0 bridgehead atoms.